The van der Waals surface area contributed by atoms with Crippen molar-refractivity contribution in [2.24, 2.45) is 0 Å². The molecule has 0 fully saturated rings. The summed E-state index contributed by atoms with van der Waals surface area (Å²) < 4.78 is 0. The average molecular weight is 433 g/mol. The van der Waals surface area contributed by atoms with Crippen LogP contribution in [0.5, 0.6) is 0 Å². The van der Waals surface area contributed by atoms with Crippen LogP contribution in [0.4, 0.5) is 0 Å². The van der Waals surface area contributed by atoms with Crippen LogP contribution in [-0.2, 0) is 15.7 Å². The molecule has 2 rings (SSSR count). The topological polar surface area (TPSA) is 0 Å². The fraction of sp³-hybridized carbons (Fsp3) is 0. The third-order valence-electron chi connectivity index (χ3n) is 2.31. The first-order valence-corrected chi connectivity index (χ1v) is 21.4. The van der Waals surface area contributed by atoms with E-state index in [0.29, 0.717) is 0 Å². The third-order valence-corrected chi connectivity index (χ3v) is 25.6. The molecule has 0 amide bonds. The van der Waals surface area contributed by atoms with Gasteiger partial charge >= 0.3 is 117 Å². The zero-order valence-corrected chi connectivity index (χ0v) is 15.2. The summed E-state index contributed by atoms with van der Waals surface area (Å²) in [4.78, 5) is 0. The molecule has 0 bridgehead atoms. The van der Waals surface area contributed by atoms with Gasteiger partial charge in [-0.2, -0.15) is 0 Å². The van der Waals surface area contributed by atoms with Gasteiger partial charge in [-0.1, -0.05) is 0 Å². The van der Waals surface area contributed by atoms with Gasteiger partial charge in [0.15, 0.2) is 0 Å². The van der Waals surface area contributed by atoms with Crippen molar-refractivity contribution < 1.29 is 15.7 Å². The maximum atomic E-state index is 3.87. The van der Waals surface area contributed by atoms with Crippen molar-refractivity contribution in [3.8, 4) is 0 Å². The summed E-state index contributed by atoms with van der Waals surface area (Å²) in [5.41, 5.74) is -0.587. The Labute approximate surface area is 115 Å². The van der Waals surface area contributed by atoms with E-state index in [9.17, 15) is 0 Å². The van der Waals surface area contributed by atoms with Gasteiger partial charge < -0.3 is 0 Å². The van der Waals surface area contributed by atoms with Gasteiger partial charge in [0.2, 0.25) is 0 Å². The van der Waals surface area contributed by atoms with Crippen molar-refractivity contribution >= 4 is 40.2 Å². The van der Waals surface area contributed by atoms with Crippen LogP contribution in [0.2, 0.25) is 0 Å². The molecule has 0 aliphatic carbocycles. The number of rotatable bonds is 2. The molecule has 2 aromatic rings. The number of halogens is 2. The first-order valence-electron chi connectivity index (χ1n) is 4.95. The summed E-state index contributed by atoms with van der Waals surface area (Å²) in [5.74, 6) is 0. The van der Waals surface area contributed by atoms with E-state index in [-0.39, 0.29) is 0 Å². The average Bonchev–Trinajstić information content (AvgIpc) is 2.31. The van der Waals surface area contributed by atoms with E-state index in [1.807, 2.05) is 0 Å². The third kappa shape index (κ3) is 3.25. The molecule has 0 aliphatic rings. The molecule has 0 aliphatic heterocycles. The van der Waals surface area contributed by atoms with Crippen molar-refractivity contribution in [1.82, 2.24) is 0 Å². The van der Waals surface area contributed by atoms with Gasteiger partial charge in [0, 0.05) is 0 Å². The van der Waals surface area contributed by atoms with Crippen LogP contribution in [0.1, 0.15) is 0 Å². The molecule has 0 aromatic heterocycles. The Morgan fingerprint density at radius 1 is 0.688 bits per heavy atom. The van der Waals surface area contributed by atoms with Crippen LogP contribution < -0.4 is 10.4 Å². The molecule has 0 atom stereocenters. The Morgan fingerprint density at radius 3 is 1.38 bits per heavy atom. The predicted molar refractivity (Wildman–Crippen MR) is 75.8 cm³/mol. The first-order chi connectivity index (χ1) is 7.79. The molecule has 0 saturated carbocycles. The second-order valence-electron chi connectivity index (χ2n) is 3.37. The fourth-order valence-corrected chi connectivity index (χ4v) is 25.3. The fourth-order valence-electron chi connectivity index (χ4n) is 1.59. The number of benzene rings is 2. The predicted octanol–water partition coefficient (Wildman–Crippen LogP) is 3.03. The van der Waals surface area contributed by atoms with Crippen molar-refractivity contribution in [2.45, 2.75) is 0 Å². The molecule has 16 heavy (non-hydrogen) atoms. The molecule has 4 heteroatoms. The molecule has 0 N–H and O–H groups in total. The van der Waals surface area contributed by atoms with Crippen LogP contribution >= 0.6 is 24.4 Å². The van der Waals surface area contributed by atoms with Crippen LogP contribution in [-0.4, -0.2) is 5.43 Å². The summed E-state index contributed by atoms with van der Waals surface area (Å²) in [7, 11) is 0. The summed E-state index contributed by atoms with van der Waals surface area (Å²) in [6.07, 6.45) is 0. The van der Waals surface area contributed by atoms with Crippen molar-refractivity contribution in [1.29, 1.82) is 0 Å². The quantitative estimate of drug-likeness (QED) is 0.639. The van der Waals surface area contributed by atoms with E-state index >= 15 is 0 Å². The Kier molecular flexibility index (Phi) is 5.21. The molecule has 0 saturated heterocycles. The van der Waals surface area contributed by atoms with Crippen molar-refractivity contribution in [2.75, 3.05) is 0 Å². The van der Waals surface area contributed by atoms with Crippen LogP contribution in [0.25, 0.3) is 0 Å². The molecule has 2 aromatic carbocycles. The minimum atomic E-state index is -1.58. The molecule has 0 unspecified atom stereocenters. The van der Waals surface area contributed by atoms with Gasteiger partial charge in [-0.3, -0.25) is 0 Å². The Bertz CT molecular complexity index is 451. The van der Waals surface area contributed by atoms with Crippen LogP contribution in [0, 0.1) is 0 Å². The monoisotopic (exact) mass is 430 g/mol. The maximum absolute atomic E-state index is 3.87. The number of hydrogen-bond donors (Lipinski definition) is 0. The normalized spacial score (nSPS) is 9.88. The van der Waals surface area contributed by atoms with E-state index in [4.69, 9.17) is 0 Å². The Morgan fingerprint density at radius 2 is 1.06 bits per heavy atom. The van der Waals surface area contributed by atoms with E-state index in [0.717, 1.165) is 0 Å². The second kappa shape index (κ2) is 6.44. The van der Waals surface area contributed by atoms with E-state index < -0.39 is 21.1 Å². The first kappa shape index (κ1) is 12.9. The molecule has 80 valence electrons. The van der Waals surface area contributed by atoms with Crippen LogP contribution in [0.3, 0.4) is 0 Å². The number of hydrogen-bond acceptors (Lipinski definition) is 0. The molecule has 0 heterocycles. The van der Waals surface area contributed by atoms with Crippen LogP contribution in [0.15, 0.2) is 60.7 Å². The van der Waals surface area contributed by atoms with Gasteiger partial charge in [-0.25, -0.2) is 0 Å². The van der Waals surface area contributed by atoms with Crippen molar-refractivity contribution in [3.63, 3.8) is 0 Å². The van der Waals surface area contributed by atoms with Gasteiger partial charge in [0.1, 0.15) is 0 Å². The summed E-state index contributed by atoms with van der Waals surface area (Å²) in [5, 5.41) is 3.00. The van der Waals surface area contributed by atoms with Gasteiger partial charge in [-0.05, 0) is 0 Å². The van der Waals surface area contributed by atoms with E-state index in [2.05, 4.69) is 85.1 Å². The second-order valence-corrected chi connectivity index (χ2v) is 37.5. The standard InChI is InChI=1S/C12H10Si.2BrH.Zr/c1-3-7-11(8-4-1)13-12-9-5-2-6-10-12;;;/h1-10H;2*1H;/q;;;+2/p-2. The molecule has 0 radical (unpaired) electrons. The van der Waals surface area contributed by atoms with Gasteiger partial charge in [0.05, 0.1) is 0 Å². The van der Waals surface area contributed by atoms with Gasteiger partial charge in [0.25, 0.3) is 0 Å². The summed E-state index contributed by atoms with van der Waals surface area (Å²) in [6.45, 7) is 0. The molecular weight excluding hydrogens is 423 g/mol. The van der Waals surface area contributed by atoms with E-state index in [1.165, 1.54) is 10.4 Å². The molecule has 0 nitrogen and oxygen atoms in total. The SMILES string of the molecule is [Br][Zr]([Br])=[Si](c1ccccc1)c1ccccc1. The van der Waals surface area contributed by atoms with Crippen molar-refractivity contribution in [3.05, 3.63) is 60.7 Å². The minimum absolute atomic E-state index is 0.587. The molecular formula is C12H10Br2SiZr. The summed E-state index contributed by atoms with van der Waals surface area (Å²) in [6, 6.07) is 21.7. The van der Waals surface area contributed by atoms with Gasteiger partial charge in [-0.15, -0.1) is 0 Å². The summed E-state index contributed by atoms with van der Waals surface area (Å²) >= 11 is 6.17. The molecule has 0 spiro atoms. The van der Waals surface area contributed by atoms with E-state index in [1.54, 1.807) is 0 Å². The zero-order chi connectivity index (χ0) is 11.4. The Hall–Kier alpha value is 0.500. The zero-order valence-electron chi connectivity index (χ0n) is 8.53. The Balaban J connectivity index is 2.54.